The summed E-state index contributed by atoms with van der Waals surface area (Å²) >= 11 is 0. The van der Waals surface area contributed by atoms with Crippen LogP contribution in [0.5, 0.6) is 0 Å². The van der Waals surface area contributed by atoms with Gasteiger partial charge in [-0.15, -0.1) is 0 Å². The summed E-state index contributed by atoms with van der Waals surface area (Å²) in [4.78, 5) is 10.7. The Labute approximate surface area is 117 Å². The molecule has 0 aliphatic carbocycles. The maximum absolute atomic E-state index is 4.61. The van der Waals surface area contributed by atoms with Gasteiger partial charge in [-0.1, -0.05) is 27.7 Å². The van der Waals surface area contributed by atoms with Gasteiger partial charge in [0.1, 0.15) is 5.82 Å². The zero-order chi connectivity index (χ0) is 13.9. The van der Waals surface area contributed by atoms with Gasteiger partial charge in [0.05, 0.1) is 0 Å². The minimum absolute atomic E-state index is 0.0899. The quantitative estimate of drug-likeness (QED) is 0.852. The van der Waals surface area contributed by atoms with E-state index in [2.05, 4.69) is 47.9 Å². The van der Waals surface area contributed by atoms with Crippen molar-refractivity contribution in [2.45, 2.75) is 39.5 Å². The number of nitrogens with one attached hydrogen (secondary N) is 2. The highest BCUT2D eigenvalue weighted by Crippen LogP contribution is 2.22. The first-order valence-electron chi connectivity index (χ1n) is 7.45. The smallest absolute Gasteiger partial charge is 0.113 e. The van der Waals surface area contributed by atoms with E-state index in [-0.39, 0.29) is 5.41 Å². The topological polar surface area (TPSA) is 44.0 Å². The number of imidazole rings is 1. The lowest BCUT2D eigenvalue weighted by Gasteiger charge is -2.34. The van der Waals surface area contributed by atoms with E-state index in [0.29, 0.717) is 5.92 Å². The largest absolute Gasteiger partial charge is 0.345 e. The second kappa shape index (κ2) is 6.06. The molecule has 0 amide bonds. The number of nitrogens with zero attached hydrogens (tertiary/aromatic N) is 2. The Hall–Kier alpha value is -0.870. The zero-order valence-electron chi connectivity index (χ0n) is 12.8. The van der Waals surface area contributed by atoms with Gasteiger partial charge >= 0.3 is 0 Å². The third-order valence-corrected chi connectivity index (χ3v) is 3.73. The van der Waals surface area contributed by atoms with E-state index in [4.69, 9.17) is 0 Å². The van der Waals surface area contributed by atoms with Crippen LogP contribution >= 0.6 is 0 Å². The summed E-state index contributed by atoms with van der Waals surface area (Å²) < 4.78 is 0. The molecule has 4 nitrogen and oxygen atoms in total. The predicted molar refractivity (Wildman–Crippen MR) is 79.5 cm³/mol. The Morgan fingerprint density at radius 1 is 1.32 bits per heavy atom. The highest BCUT2D eigenvalue weighted by atomic mass is 15.2. The number of rotatable bonds is 5. The maximum Gasteiger partial charge on any atom is 0.113 e. The van der Waals surface area contributed by atoms with Crippen LogP contribution in [0.1, 0.15) is 39.2 Å². The van der Waals surface area contributed by atoms with Crippen molar-refractivity contribution < 1.29 is 0 Å². The minimum Gasteiger partial charge on any atom is -0.345 e. The van der Waals surface area contributed by atoms with Crippen molar-refractivity contribution in [3.05, 3.63) is 17.7 Å². The molecule has 0 bridgehead atoms. The van der Waals surface area contributed by atoms with Crippen LogP contribution in [0.15, 0.2) is 6.20 Å². The van der Waals surface area contributed by atoms with E-state index >= 15 is 0 Å². The molecule has 19 heavy (non-hydrogen) atoms. The zero-order valence-corrected chi connectivity index (χ0v) is 12.8. The Morgan fingerprint density at radius 2 is 2.00 bits per heavy atom. The molecule has 1 aromatic heterocycles. The molecule has 1 saturated heterocycles. The van der Waals surface area contributed by atoms with Crippen LogP contribution in [-0.4, -0.2) is 47.6 Å². The minimum atomic E-state index is 0.0899. The van der Waals surface area contributed by atoms with Gasteiger partial charge in [-0.2, -0.15) is 0 Å². The molecule has 0 spiro atoms. The molecular weight excluding hydrogens is 236 g/mol. The monoisotopic (exact) mass is 264 g/mol. The van der Waals surface area contributed by atoms with Gasteiger partial charge in [0.15, 0.2) is 0 Å². The molecule has 1 aromatic rings. The first-order chi connectivity index (χ1) is 8.97. The molecule has 1 fully saturated rings. The van der Waals surface area contributed by atoms with Crippen molar-refractivity contribution in [1.29, 1.82) is 0 Å². The number of piperazine rings is 1. The van der Waals surface area contributed by atoms with Crippen LogP contribution < -0.4 is 5.32 Å². The molecule has 2 N–H and O–H groups in total. The van der Waals surface area contributed by atoms with Crippen molar-refractivity contribution >= 4 is 0 Å². The van der Waals surface area contributed by atoms with E-state index < -0.39 is 0 Å². The molecule has 0 saturated carbocycles. The lowest BCUT2D eigenvalue weighted by Crippen LogP contribution is -2.48. The predicted octanol–water partition coefficient (Wildman–Crippen LogP) is 1.79. The van der Waals surface area contributed by atoms with Gasteiger partial charge in [-0.3, -0.25) is 4.90 Å². The van der Waals surface area contributed by atoms with Crippen molar-refractivity contribution in [1.82, 2.24) is 20.2 Å². The van der Waals surface area contributed by atoms with Crippen LogP contribution in [0, 0.1) is 5.92 Å². The molecule has 4 heteroatoms. The Kier molecular flexibility index (Phi) is 4.63. The summed E-state index contributed by atoms with van der Waals surface area (Å²) in [6.45, 7) is 14.6. The van der Waals surface area contributed by atoms with Crippen LogP contribution in [-0.2, 0) is 11.8 Å². The normalized spacial score (nSPS) is 18.2. The fraction of sp³-hybridized carbons (Fsp3) is 0.800. The van der Waals surface area contributed by atoms with Gasteiger partial charge in [0.2, 0.25) is 0 Å². The molecule has 2 heterocycles. The van der Waals surface area contributed by atoms with Crippen molar-refractivity contribution in [2.24, 2.45) is 5.92 Å². The van der Waals surface area contributed by atoms with Gasteiger partial charge in [0, 0.05) is 50.0 Å². The summed E-state index contributed by atoms with van der Waals surface area (Å²) in [5.74, 6) is 1.80. The third kappa shape index (κ3) is 4.05. The van der Waals surface area contributed by atoms with E-state index in [9.17, 15) is 0 Å². The fourth-order valence-electron chi connectivity index (χ4n) is 2.75. The average Bonchev–Trinajstić information content (AvgIpc) is 2.78. The van der Waals surface area contributed by atoms with Gasteiger partial charge in [0.25, 0.3) is 0 Å². The molecule has 0 radical (unpaired) electrons. The van der Waals surface area contributed by atoms with Crippen molar-refractivity contribution in [2.75, 3.05) is 32.7 Å². The van der Waals surface area contributed by atoms with Crippen molar-refractivity contribution in [3.63, 3.8) is 0 Å². The SMILES string of the molecule is CC(C)Cc1cnc(C(C)(C)CN2CCNCC2)[nH]1. The highest BCUT2D eigenvalue weighted by molar-refractivity contribution is 5.11. The highest BCUT2D eigenvalue weighted by Gasteiger charge is 2.27. The average molecular weight is 264 g/mol. The molecule has 0 aromatic carbocycles. The lowest BCUT2D eigenvalue weighted by molar-refractivity contribution is 0.196. The summed E-state index contributed by atoms with van der Waals surface area (Å²) in [5, 5.41) is 3.40. The Bertz CT molecular complexity index is 389. The molecule has 0 atom stereocenters. The van der Waals surface area contributed by atoms with Crippen LogP contribution in [0.25, 0.3) is 0 Å². The second-order valence-electron chi connectivity index (χ2n) is 6.77. The molecular formula is C15H28N4. The van der Waals surface area contributed by atoms with Crippen LogP contribution in [0.3, 0.4) is 0 Å². The number of aromatic amines is 1. The molecule has 1 aliphatic heterocycles. The first kappa shape index (κ1) is 14.5. The molecule has 0 unspecified atom stereocenters. The maximum atomic E-state index is 4.61. The lowest BCUT2D eigenvalue weighted by atomic mass is 9.91. The van der Waals surface area contributed by atoms with Gasteiger partial charge in [-0.05, 0) is 12.3 Å². The first-order valence-corrected chi connectivity index (χ1v) is 7.45. The fourth-order valence-corrected chi connectivity index (χ4v) is 2.75. The third-order valence-electron chi connectivity index (χ3n) is 3.73. The van der Waals surface area contributed by atoms with E-state index in [1.165, 1.54) is 5.69 Å². The number of aromatic nitrogens is 2. The standard InChI is InChI=1S/C15H28N4/c1-12(2)9-13-10-17-14(18-13)15(3,4)11-19-7-5-16-6-8-19/h10,12,16H,5-9,11H2,1-4H3,(H,17,18). The van der Waals surface area contributed by atoms with Gasteiger partial charge < -0.3 is 10.3 Å². The van der Waals surface area contributed by atoms with Crippen LogP contribution in [0.2, 0.25) is 0 Å². The van der Waals surface area contributed by atoms with Crippen molar-refractivity contribution in [3.8, 4) is 0 Å². The van der Waals surface area contributed by atoms with Crippen LogP contribution in [0.4, 0.5) is 0 Å². The summed E-state index contributed by atoms with van der Waals surface area (Å²) in [6, 6.07) is 0. The number of hydrogen-bond acceptors (Lipinski definition) is 3. The Morgan fingerprint density at radius 3 is 2.63 bits per heavy atom. The molecule has 108 valence electrons. The molecule has 1 aliphatic rings. The number of hydrogen-bond donors (Lipinski definition) is 2. The molecule has 2 rings (SSSR count). The number of H-pyrrole nitrogens is 1. The summed E-state index contributed by atoms with van der Waals surface area (Å²) in [5.41, 5.74) is 1.35. The van der Waals surface area contributed by atoms with E-state index in [1.807, 2.05) is 6.20 Å². The summed E-state index contributed by atoms with van der Waals surface area (Å²) in [6.07, 6.45) is 3.09. The van der Waals surface area contributed by atoms with Gasteiger partial charge in [-0.25, -0.2) is 4.98 Å². The summed E-state index contributed by atoms with van der Waals surface area (Å²) in [7, 11) is 0. The van der Waals surface area contributed by atoms with E-state index in [1.54, 1.807) is 0 Å². The van der Waals surface area contributed by atoms with E-state index in [0.717, 1.165) is 45.0 Å². The second-order valence-corrected chi connectivity index (χ2v) is 6.77. The Balaban J connectivity index is 1.99.